The highest BCUT2D eigenvalue weighted by Gasteiger charge is 2.41. The summed E-state index contributed by atoms with van der Waals surface area (Å²) >= 11 is 0. The fourth-order valence-electron chi connectivity index (χ4n) is 6.09. The van der Waals surface area contributed by atoms with Crippen molar-refractivity contribution in [3.63, 3.8) is 0 Å². The first-order valence-electron chi connectivity index (χ1n) is 13.5. The van der Waals surface area contributed by atoms with E-state index in [-0.39, 0.29) is 23.3 Å². The van der Waals surface area contributed by atoms with Crippen LogP contribution in [0.4, 0.5) is 11.4 Å². The third-order valence-electron chi connectivity index (χ3n) is 8.21. The van der Waals surface area contributed by atoms with Crippen LogP contribution in [0.3, 0.4) is 0 Å². The van der Waals surface area contributed by atoms with Crippen LogP contribution in [0.1, 0.15) is 64.5 Å². The van der Waals surface area contributed by atoms with Gasteiger partial charge in [0.1, 0.15) is 0 Å². The summed E-state index contributed by atoms with van der Waals surface area (Å²) in [6.07, 6.45) is 10.8. The Kier molecular flexibility index (Phi) is 7.83. The molecular formula is C33H39N3O2. The number of hydrogen-bond donors (Lipinski definition) is 1. The first-order valence-corrected chi connectivity index (χ1v) is 13.5. The summed E-state index contributed by atoms with van der Waals surface area (Å²) in [5.74, 6) is -0.739. The van der Waals surface area contributed by atoms with Gasteiger partial charge in [0.05, 0.1) is 17.7 Å². The van der Waals surface area contributed by atoms with E-state index < -0.39 is 5.97 Å². The molecule has 0 aliphatic carbocycles. The summed E-state index contributed by atoms with van der Waals surface area (Å²) in [7, 11) is 2.12. The van der Waals surface area contributed by atoms with Gasteiger partial charge in [0.2, 0.25) is 0 Å². The van der Waals surface area contributed by atoms with Crippen LogP contribution in [0.2, 0.25) is 0 Å². The van der Waals surface area contributed by atoms with E-state index in [1.165, 1.54) is 22.5 Å². The summed E-state index contributed by atoms with van der Waals surface area (Å²) in [5, 5.41) is 18.9. The molecule has 1 atom stereocenters. The lowest BCUT2D eigenvalue weighted by Gasteiger charge is -2.29. The second kappa shape index (κ2) is 10.9. The van der Waals surface area contributed by atoms with Crippen molar-refractivity contribution >= 4 is 17.3 Å². The predicted molar refractivity (Wildman–Crippen MR) is 155 cm³/mol. The maximum absolute atomic E-state index is 10.9. The Morgan fingerprint density at radius 1 is 1.00 bits per heavy atom. The van der Waals surface area contributed by atoms with Crippen LogP contribution < -0.4 is 9.80 Å². The number of carboxylic acid groups (broad SMARTS) is 1. The van der Waals surface area contributed by atoms with Crippen molar-refractivity contribution in [1.82, 2.24) is 0 Å². The predicted octanol–water partition coefficient (Wildman–Crippen LogP) is 7.12. The van der Waals surface area contributed by atoms with E-state index >= 15 is 0 Å². The van der Waals surface area contributed by atoms with E-state index in [2.05, 4.69) is 111 Å². The molecule has 0 bridgehead atoms. The van der Waals surface area contributed by atoms with Gasteiger partial charge in [-0.25, -0.2) is 0 Å². The maximum atomic E-state index is 10.9. The van der Waals surface area contributed by atoms with Gasteiger partial charge in [0.25, 0.3) is 0 Å². The second-order valence-corrected chi connectivity index (χ2v) is 11.4. The number of anilines is 2. The summed E-state index contributed by atoms with van der Waals surface area (Å²) in [5.41, 5.74) is 6.53. The van der Waals surface area contributed by atoms with Gasteiger partial charge in [-0.1, -0.05) is 76.6 Å². The number of para-hydroxylation sites is 2. The number of unbranched alkanes of at least 4 members (excludes halogenated alkanes) is 2. The Hall–Kier alpha value is -3.78. The average Bonchev–Trinajstić information content (AvgIpc) is 3.22. The highest BCUT2D eigenvalue weighted by Crippen LogP contribution is 2.48. The van der Waals surface area contributed by atoms with E-state index in [0.717, 1.165) is 25.1 Å². The Bertz CT molecular complexity index is 1330. The molecule has 0 amide bonds. The van der Waals surface area contributed by atoms with Gasteiger partial charge in [-0.05, 0) is 54.3 Å². The highest BCUT2D eigenvalue weighted by atomic mass is 16.4. The third kappa shape index (κ3) is 5.13. The SMILES string of the molecule is CN1c2ccccc2C(C)(C)C1C=CC(C#N)=CC=C1N(CCCCCC(=O)O)c2ccccc2C1(C)C. The minimum absolute atomic E-state index is 0.0621. The topological polar surface area (TPSA) is 67.6 Å². The summed E-state index contributed by atoms with van der Waals surface area (Å²) in [6, 6.07) is 19.5. The lowest BCUT2D eigenvalue weighted by Crippen LogP contribution is -2.37. The van der Waals surface area contributed by atoms with Crippen molar-refractivity contribution in [2.45, 2.75) is 70.3 Å². The third-order valence-corrected chi connectivity index (χ3v) is 8.21. The number of allylic oxidation sites excluding steroid dienone is 5. The van der Waals surface area contributed by atoms with Crippen molar-refractivity contribution in [3.8, 4) is 6.07 Å². The quantitative estimate of drug-likeness (QED) is 0.222. The van der Waals surface area contributed by atoms with Gasteiger partial charge in [0.15, 0.2) is 0 Å². The van der Waals surface area contributed by atoms with Crippen molar-refractivity contribution in [2.75, 3.05) is 23.4 Å². The van der Waals surface area contributed by atoms with E-state index in [0.29, 0.717) is 12.0 Å². The molecule has 198 valence electrons. The number of fused-ring (bicyclic) bond motifs is 2. The standard InChI is InChI=1S/C33H39N3O2/c1-32(2)25-13-8-10-15-27(25)35(5)29(32)20-18-24(23-34)19-21-30-33(3,4)26-14-9-11-16-28(26)36(30)22-12-6-7-17-31(37)38/h8-11,13-16,18-21,29H,6-7,12,17,22H2,1-5H3,(H,37,38). The number of hydrogen-bond acceptors (Lipinski definition) is 4. The summed E-state index contributed by atoms with van der Waals surface area (Å²) in [6.45, 7) is 9.79. The minimum Gasteiger partial charge on any atom is -0.481 e. The fraction of sp³-hybridized carbons (Fsp3) is 0.394. The van der Waals surface area contributed by atoms with Crippen molar-refractivity contribution in [3.05, 3.63) is 95.2 Å². The Balaban J connectivity index is 1.58. The van der Waals surface area contributed by atoms with Gasteiger partial charge in [-0.2, -0.15) is 5.26 Å². The Labute approximate surface area is 227 Å². The van der Waals surface area contributed by atoms with Crippen LogP contribution in [0.5, 0.6) is 0 Å². The second-order valence-electron chi connectivity index (χ2n) is 11.4. The average molecular weight is 510 g/mol. The molecule has 5 heteroatoms. The molecule has 0 fully saturated rings. The van der Waals surface area contributed by atoms with Crippen LogP contribution in [-0.4, -0.2) is 30.7 Å². The molecule has 1 unspecified atom stereocenters. The zero-order chi connectivity index (χ0) is 27.5. The van der Waals surface area contributed by atoms with Gasteiger partial charge in [-0.3, -0.25) is 4.79 Å². The number of carbonyl (C=O) groups is 1. The van der Waals surface area contributed by atoms with Gasteiger partial charge in [-0.15, -0.1) is 0 Å². The molecule has 5 nitrogen and oxygen atoms in total. The molecule has 1 N–H and O–H groups in total. The van der Waals surface area contributed by atoms with E-state index in [4.69, 9.17) is 5.11 Å². The van der Waals surface area contributed by atoms with E-state index in [9.17, 15) is 10.1 Å². The first-order chi connectivity index (χ1) is 18.1. The smallest absolute Gasteiger partial charge is 0.303 e. The molecule has 0 aromatic heterocycles. The molecule has 0 saturated carbocycles. The van der Waals surface area contributed by atoms with Gasteiger partial charge in [0, 0.05) is 47.9 Å². The number of likely N-dealkylation sites (N-methyl/N-ethyl adjacent to an activating group) is 1. The maximum Gasteiger partial charge on any atom is 0.303 e. The van der Waals surface area contributed by atoms with Gasteiger partial charge < -0.3 is 14.9 Å². The lowest BCUT2D eigenvalue weighted by molar-refractivity contribution is -0.137. The molecular weight excluding hydrogens is 470 g/mol. The fourth-order valence-corrected chi connectivity index (χ4v) is 6.09. The lowest BCUT2D eigenvalue weighted by atomic mass is 9.80. The minimum atomic E-state index is -0.739. The normalized spacial score (nSPS) is 20.6. The molecule has 2 aromatic carbocycles. The van der Waals surface area contributed by atoms with Crippen LogP contribution in [0, 0.1) is 11.3 Å². The van der Waals surface area contributed by atoms with E-state index in [1.54, 1.807) is 0 Å². The first kappa shape index (κ1) is 27.3. The van der Waals surface area contributed by atoms with Crippen LogP contribution >= 0.6 is 0 Å². The summed E-state index contributed by atoms with van der Waals surface area (Å²) < 4.78 is 0. The zero-order valence-corrected chi connectivity index (χ0v) is 23.2. The molecule has 2 aliphatic heterocycles. The number of benzene rings is 2. The monoisotopic (exact) mass is 509 g/mol. The Morgan fingerprint density at radius 2 is 1.66 bits per heavy atom. The Morgan fingerprint density at radius 3 is 2.32 bits per heavy atom. The van der Waals surface area contributed by atoms with Gasteiger partial charge >= 0.3 is 5.97 Å². The highest BCUT2D eigenvalue weighted by molar-refractivity contribution is 5.71. The number of nitriles is 1. The molecule has 2 aromatic rings. The number of rotatable bonds is 9. The molecule has 0 spiro atoms. The molecule has 38 heavy (non-hydrogen) atoms. The zero-order valence-electron chi connectivity index (χ0n) is 23.2. The van der Waals surface area contributed by atoms with Crippen LogP contribution in [0.25, 0.3) is 0 Å². The number of carboxylic acids is 1. The van der Waals surface area contributed by atoms with Crippen molar-refractivity contribution < 1.29 is 9.90 Å². The molecule has 4 rings (SSSR count). The summed E-state index contributed by atoms with van der Waals surface area (Å²) in [4.78, 5) is 15.5. The molecule has 0 radical (unpaired) electrons. The number of nitrogens with zero attached hydrogens (tertiary/aromatic N) is 3. The van der Waals surface area contributed by atoms with Crippen molar-refractivity contribution in [1.29, 1.82) is 5.26 Å². The van der Waals surface area contributed by atoms with Crippen molar-refractivity contribution in [2.24, 2.45) is 0 Å². The molecule has 2 heterocycles. The number of aliphatic carboxylic acids is 1. The largest absolute Gasteiger partial charge is 0.481 e. The molecule has 2 aliphatic rings. The van der Waals surface area contributed by atoms with E-state index in [1.807, 2.05) is 12.2 Å². The molecule has 0 saturated heterocycles. The van der Waals surface area contributed by atoms with Crippen LogP contribution in [0.15, 0.2) is 84.1 Å². The van der Waals surface area contributed by atoms with Crippen LogP contribution in [-0.2, 0) is 15.6 Å².